The van der Waals surface area contributed by atoms with Gasteiger partial charge in [0.2, 0.25) is 0 Å². The van der Waals surface area contributed by atoms with Crippen molar-refractivity contribution in [3.63, 3.8) is 0 Å². The van der Waals surface area contributed by atoms with Gasteiger partial charge in [-0.25, -0.2) is 0 Å². The molecule has 0 spiro atoms. The third kappa shape index (κ3) is 4.66. The van der Waals surface area contributed by atoms with Gasteiger partial charge < -0.3 is 20.7 Å². The van der Waals surface area contributed by atoms with E-state index >= 15 is 0 Å². The number of nitrogens with zero attached hydrogens (tertiary/aromatic N) is 2. The summed E-state index contributed by atoms with van der Waals surface area (Å²) in [5.74, 6) is 1.68. The second-order valence-corrected chi connectivity index (χ2v) is 7.05. The molecule has 0 saturated carbocycles. The Morgan fingerprint density at radius 3 is 2.96 bits per heavy atom. The van der Waals surface area contributed by atoms with E-state index in [0.29, 0.717) is 11.9 Å². The smallest absolute Gasteiger partial charge is 0.193 e. The fourth-order valence-corrected chi connectivity index (χ4v) is 3.43. The maximum atomic E-state index is 6.04. The lowest BCUT2D eigenvalue weighted by Gasteiger charge is -2.18. The minimum absolute atomic E-state index is 0.422. The van der Waals surface area contributed by atoms with Crippen LogP contribution in [0.5, 0.6) is 5.75 Å². The molecule has 0 amide bonds. The highest BCUT2D eigenvalue weighted by molar-refractivity contribution is 9.10. The highest BCUT2D eigenvalue weighted by atomic mass is 79.9. The molecule has 5 nitrogen and oxygen atoms in total. The summed E-state index contributed by atoms with van der Waals surface area (Å²) in [6, 6.07) is 16.1. The van der Waals surface area contributed by atoms with Crippen molar-refractivity contribution in [2.45, 2.75) is 6.42 Å². The first kappa shape index (κ1) is 17.6. The monoisotopic (exact) mass is 402 g/mol. The Morgan fingerprint density at radius 2 is 2.16 bits per heavy atom. The quantitative estimate of drug-likeness (QED) is 0.590. The van der Waals surface area contributed by atoms with Gasteiger partial charge >= 0.3 is 0 Å². The largest absolute Gasteiger partial charge is 0.495 e. The number of benzene rings is 2. The summed E-state index contributed by atoms with van der Waals surface area (Å²) in [5, 5.41) is 3.12. The van der Waals surface area contributed by atoms with Gasteiger partial charge in [-0.3, -0.25) is 4.99 Å². The van der Waals surface area contributed by atoms with E-state index in [0.717, 1.165) is 42.0 Å². The van der Waals surface area contributed by atoms with Gasteiger partial charge in [0.15, 0.2) is 5.96 Å². The van der Waals surface area contributed by atoms with Crippen LogP contribution in [0.4, 0.5) is 11.4 Å². The van der Waals surface area contributed by atoms with Gasteiger partial charge in [0.25, 0.3) is 0 Å². The number of aliphatic imine (C=N–C) groups is 1. The summed E-state index contributed by atoms with van der Waals surface area (Å²) in [4.78, 5) is 6.91. The maximum absolute atomic E-state index is 6.04. The molecule has 3 rings (SSSR count). The topological polar surface area (TPSA) is 62.9 Å². The Balaban J connectivity index is 1.55. The molecule has 1 unspecified atom stereocenters. The summed E-state index contributed by atoms with van der Waals surface area (Å²) in [5.41, 5.74) is 8.11. The Labute approximate surface area is 157 Å². The minimum atomic E-state index is 0.422. The van der Waals surface area contributed by atoms with Crippen molar-refractivity contribution in [3.8, 4) is 5.75 Å². The number of hydrogen-bond donors (Lipinski definition) is 2. The van der Waals surface area contributed by atoms with E-state index < -0.39 is 0 Å². The predicted octanol–water partition coefficient (Wildman–Crippen LogP) is 3.71. The van der Waals surface area contributed by atoms with Crippen LogP contribution in [0.2, 0.25) is 0 Å². The second-order valence-electron chi connectivity index (χ2n) is 6.13. The van der Waals surface area contributed by atoms with E-state index in [-0.39, 0.29) is 0 Å². The van der Waals surface area contributed by atoms with Crippen molar-refractivity contribution in [1.29, 1.82) is 0 Å². The molecule has 3 N–H and O–H groups in total. The molecule has 1 fully saturated rings. The van der Waals surface area contributed by atoms with Gasteiger partial charge in [-0.2, -0.15) is 0 Å². The molecule has 0 aliphatic carbocycles. The van der Waals surface area contributed by atoms with Crippen LogP contribution in [0.25, 0.3) is 0 Å². The van der Waals surface area contributed by atoms with Crippen LogP contribution >= 0.6 is 15.9 Å². The van der Waals surface area contributed by atoms with Gasteiger partial charge in [0.1, 0.15) is 5.75 Å². The number of nitrogens with one attached hydrogen (secondary N) is 1. The first-order valence-electron chi connectivity index (χ1n) is 8.36. The summed E-state index contributed by atoms with van der Waals surface area (Å²) in [6.45, 7) is 2.77. The van der Waals surface area contributed by atoms with Crippen molar-refractivity contribution >= 4 is 33.3 Å². The molecule has 1 heterocycles. The van der Waals surface area contributed by atoms with Crippen LogP contribution in [-0.4, -0.2) is 32.7 Å². The number of halogens is 1. The lowest BCUT2D eigenvalue weighted by molar-refractivity contribution is 0.417. The molecule has 25 heavy (non-hydrogen) atoms. The third-order valence-electron chi connectivity index (χ3n) is 4.35. The molecular weight excluding hydrogens is 380 g/mol. The predicted molar refractivity (Wildman–Crippen MR) is 108 cm³/mol. The third-order valence-corrected chi connectivity index (χ3v) is 4.84. The molecular formula is C19H23BrN4O. The summed E-state index contributed by atoms with van der Waals surface area (Å²) >= 11 is 3.53. The number of rotatable bonds is 5. The highest BCUT2D eigenvalue weighted by Crippen LogP contribution is 2.26. The van der Waals surface area contributed by atoms with Crippen LogP contribution in [0.15, 0.2) is 58.0 Å². The van der Waals surface area contributed by atoms with E-state index in [4.69, 9.17) is 10.5 Å². The molecule has 2 aromatic rings. The van der Waals surface area contributed by atoms with Crippen molar-refractivity contribution in [2.75, 3.05) is 37.0 Å². The van der Waals surface area contributed by atoms with E-state index in [9.17, 15) is 0 Å². The molecule has 1 atom stereocenters. The summed E-state index contributed by atoms with van der Waals surface area (Å²) in [6.07, 6.45) is 1.12. The Bertz CT molecular complexity index is 750. The number of para-hydroxylation sites is 2. The van der Waals surface area contributed by atoms with Crippen molar-refractivity contribution < 1.29 is 4.74 Å². The van der Waals surface area contributed by atoms with Crippen LogP contribution in [0.1, 0.15) is 6.42 Å². The van der Waals surface area contributed by atoms with Gasteiger partial charge in [-0.15, -0.1) is 0 Å². The van der Waals surface area contributed by atoms with Gasteiger partial charge in [-0.1, -0.05) is 34.1 Å². The van der Waals surface area contributed by atoms with Crippen molar-refractivity contribution in [1.82, 2.24) is 0 Å². The van der Waals surface area contributed by atoms with Crippen LogP contribution in [0, 0.1) is 5.92 Å². The first-order valence-corrected chi connectivity index (χ1v) is 9.15. The van der Waals surface area contributed by atoms with Crippen LogP contribution in [0.3, 0.4) is 0 Å². The first-order chi connectivity index (χ1) is 12.2. The molecule has 1 aliphatic heterocycles. The summed E-state index contributed by atoms with van der Waals surface area (Å²) < 4.78 is 6.42. The molecule has 2 aromatic carbocycles. The van der Waals surface area contributed by atoms with E-state index in [1.54, 1.807) is 7.11 Å². The second kappa shape index (κ2) is 8.25. The maximum Gasteiger partial charge on any atom is 0.193 e. The fourth-order valence-electron chi connectivity index (χ4n) is 3.04. The number of guanidine groups is 1. The van der Waals surface area contributed by atoms with E-state index in [1.165, 1.54) is 5.69 Å². The van der Waals surface area contributed by atoms with Crippen LogP contribution in [-0.2, 0) is 0 Å². The molecule has 0 radical (unpaired) electrons. The Hall–Kier alpha value is -2.21. The van der Waals surface area contributed by atoms with Gasteiger partial charge in [0, 0.05) is 29.8 Å². The number of ether oxygens (including phenoxy) is 1. The molecule has 1 saturated heterocycles. The fraction of sp³-hybridized carbons (Fsp3) is 0.316. The zero-order valence-electron chi connectivity index (χ0n) is 14.3. The molecule has 132 valence electrons. The number of hydrogen-bond acceptors (Lipinski definition) is 3. The summed E-state index contributed by atoms with van der Waals surface area (Å²) in [7, 11) is 1.64. The zero-order chi connectivity index (χ0) is 17.6. The average Bonchev–Trinajstić information content (AvgIpc) is 3.09. The number of anilines is 2. The van der Waals surface area contributed by atoms with Crippen LogP contribution < -0.4 is 20.7 Å². The zero-order valence-corrected chi connectivity index (χ0v) is 15.9. The SMILES string of the molecule is COc1ccccc1NC(N)=NCC1CCN(c2cccc(Br)c2)C1. The van der Waals surface area contributed by atoms with E-state index in [2.05, 4.69) is 49.3 Å². The lowest BCUT2D eigenvalue weighted by atomic mass is 10.1. The molecule has 0 aromatic heterocycles. The Morgan fingerprint density at radius 1 is 1.32 bits per heavy atom. The van der Waals surface area contributed by atoms with Crippen molar-refractivity contribution in [3.05, 3.63) is 53.0 Å². The standard InChI is InChI=1S/C19H23BrN4O/c1-25-18-8-3-2-7-17(18)23-19(21)22-12-14-9-10-24(13-14)16-6-4-5-15(20)11-16/h2-8,11,14H,9-10,12-13H2,1H3,(H3,21,22,23). The molecule has 6 heteroatoms. The normalized spacial score (nSPS) is 17.6. The number of methoxy groups -OCH3 is 1. The lowest BCUT2D eigenvalue weighted by Crippen LogP contribution is -2.25. The average molecular weight is 403 g/mol. The van der Waals surface area contributed by atoms with E-state index in [1.807, 2.05) is 30.3 Å². The minimum Gasteiger partial charge on any atom is -0.495 e. The van der Waals surface area contributed by atoms with Crippen molar-refractivity contribution in [2.24, 2.45) is 16.6 Å². The Kier molecular flexibility index (Phi) is 5.81. The molecule has 0 bridgehead atoms. The van der Waals surface area contributed by atoms with Gasteiger partial charge in [-0.05, 0) is 42.7 Å². The number of nitrogens with two attached hydrogens (primary N) is 1. The molecule has 1 aliphatic rings. The highest BCUT2D eigenvalue weighted by Gasteiger charge is 2.22. The van der Waals surface area contributed by atoms with Gasteiger partial charge in [0.05, 0.1) is 12.8 Å².